The molecule has 2 amide bonds. The van der Waals surface area contributed by atoms with Crippen LogP contribution in [0.5, 0.6) is 0 Å². The number of hydrogen-bond donors (Lipinski definition) is 2. The summed E-state index contributed by atoms with van der Waals surface area (Å²) in [5.74, 6) is -0.237. The van der Waals surface area contributed by atoms with E-state index >= 15 is 0 Å². The van der Waals surface area contributed by atoms with Crippen molar-refractivity contribution < 1.29 is 13.2 Å². The Balaban J connectivity index is 1.71. The van der Waals surface area contributed by atoms with Gasteiger partial charge in [-0.15, -0.1) is 13.2 Å². The fourth-order valence-electron chi connectivity index (χ4n) is 2.86. The lowest BCUT2D eigenvalue weighted by atomic mass is 10.1. The van der Waals surface area contributed by atoms with E-state index in [0.29, 0.717) is 17.9 Å². The molecule has 0 aliphatic heterocycles. The van der Waals surface area contributed by atoms with Gasteiger partial charge in [-0.2, -0.15) is 0 Å². The maximum atomic E-state index is 13.0. The first kappa shape index (κ1) is 23.2. The van der Waals surface area contributed by atoms with Crippen molar-refractivity contribution in [2.45, 2.75) is 22.3 Å². The Hall–Kier alpha value is -3.49. The molecule has 2 N–H and O–H groups in total. The van der Waals surface area contributed by atoms with E-state index in [9.17, 15) is 13.2 Å². The average molecular weight is 469 g/mol. The van der Waals surface area contributed by atoms with Crippen molar-refractivity contribution in [3.05, 3.63) is 103 Å². The molecule has 3 rings (SSSR count). The Bertz CT molecular complexity index is 1220. The molecule has 0 fully saturated rings. The maximum absolute atomic E-state index is 13.0. The van der Waals surface area contributed by atoms with Crippen LogP contribution >= 0.6 is 11.6 Å². The molecule has 1 aromatic carbocycles. The van der Waals surface area contributed by atoms with Gasteiger partial charge >= 0.3 is 6.03 Å². The van der Waals surface area contributed by atoms with Crippen LogP contribution in [0.25, 0.3) is 0 Å². The number of hydrogen-bond acceptors (Lipinski definition) is 5. The van der Waals surface area contributed by atoms with Gasteiger partial charge in [0.15, 0.2) is 0 Å². The quantitative estimate of drug-likeness (QED) is 0.367. The molecule has 9 heteroatoms. The van der Waals surface area contributed by atoms with Crippen molar-refractivity contribution in [1.82, 2.24) is 15.3 Å². The second kappa shape index (κ2) is 10.2. The molecule has 2 aromatic heterocycles. The predicted molar refractivity (Wildman–Crippen MR) is 124 cm³/mol. The Morgan fingerprint density at radius 3 is 2.41 bits per heavy atom. The van der Waals surface area contributed by atoms with E-state index in [1.807, 2.05) is 6.07 Å². The summed E-state index contributed by atoms with van der Waals surface area (Å²) in [5.41, 5.74) is 1.84. The lowest BCUT2D eigenvalue weighted by Crippen LogP contribution is -2.28. The van der Waals surface area contributed by atoms with Crippen LogP contribution in [-0.4, -0.2) is 24.4 Å². The molecule has 0 saturated carbocycles. The first-order valence-electron chi connectivity index (χ1n) is 9.55. The fourth-order valence-corrected chi connectivity index (χ4v) is 4.59. The molecule has 0 spiro atoms. The lowest BCUT2D eigenvalue weighted by molar-refractivity contribution is 0.251. The number of rotatable bonds is 8. The number of pyridine rings is 2. The molecule has 0 bridgehead atoms. The summed E-state index contributed by atoms with van der Waals surface area (Å²) >= 11 is 6.18. The van der Waals surface area contributed by atoms with E-state index in [0.717, 1.165) is 5.56 Å². The maximum Gasteiger partial charge on any atom is 0.319 e. The van der Waals surface area contributed by atoms with E-state index < -0.39 is 15.9 Å². The molecule has 0 radical (unpaired) electrons. The van der Waals surface area contributed by atoms with Crippen molar-refractivity contribution in [2.24, 2.45) is 0 Å². The first-order valence-corrected chi connectivity index (χ1v) is 11.4. The van der Waals surface area contributed by atoms with Crippen molar-refractivity contribution in [2.75, 3.05) is 5.32 Å². The SMILES string of the molecule is C=CC(C=C)c1ccc(S(=O)(=O)c2ccc(NC(=O)NCc3cccnc3)cc2)c(Cl)n1. The van der Waals surface area contributed by atoms with Crippen LogP contribution in [-0.2, 0) is 16.4 Å². The van der Waals surface area contributed by atoms with Gasteiger partial charge in [-0.25, -0.2) is 18.2 Å². The standard InChI is InChI=1S/C23H21ClN4O3S/c1-3-17(4-2)20-11-12-21(22(24)28-20)32(30,31)19-9-7-18(8-10-19)27-23(29)26-15-16-6-5-13-25-14-16/h3-14,17H,1-2,15H2,(H2,26,27,29). The van der Waals surface area contributed by atoms with E-state index in [2.05, 4.69) is 33.8 Å². The van der Waals surface area contributed by atoms with Crippen LogP contribution in [0.1, 0.15) is 17.2 Å². The van der Waals surface area contributed by atoms with Crippen LogP contribution in [0, 0.1) is 0 Å². The van der Waals surface area contributed by atoms with Gasteiger partial charge in [0, 0.05) is 30.5 Å². The van der Waals surface area contributed by atoms with E-state index in [-0.39, 0.29) is 20.9 Å². The highest BCUT2D eigenvalue weighted by Gasteiger charge is 2.23. The van der Waals surface area contributed by atoms with Crippen molar-refractivity contribution in [3.8, 4) is 0 Å². The summed E-state index contributed by atoms with van der Waals surface area (Å²) in [6.07, 6.45) is 6.58. The first-order chi connectivity index (χ1) is 15.3. The Morgan fingerprint density at radius 1 is 1.09 bits per heavy atom. The number of amides is 2. The van der Waals surface area contributed by atoms with Crippen LogP contribution in [0.4, 0.5) is 10.5 Å². The van der Waals surface area contributed by atoms with Gasteiger partial charge in [0.05, 0.1) is 10.6 Å². The number of benzene rings is 1. The van der Waals surface area contributed by atoms with Gasteiger partial charge < -0.3 is 10.6 Å². The van der Waals surface area contributed by atoms with Crippen molar-refractivity contribution in [3.63, 3.8) is 0 Å². The molecule has 32 heavy (non-hydrogen) atoms. The Labute approximate surface area is 191 Å². The zero-order valence-electron chi connectivity index (χ0n) is 17.0. The second-order valence-electron chi connectivity index (χ2n) is 6.72. The molecule has 7 nitrogen and oxygen atoms in total. The minimum Gasteiger partial charge on any atom is -0.334 e. The zero-order chi connectivity index (χ0) is 23.1. The lowest BCUT2D eigenvalue weighted by Gasteiger charge is -2.11. The largest absolute Gasteiger partial charge is 0.334 e. The normalized spacial score (nSPS) is 11.1. The summed E-state index contributed by atoms with van der Waals surface area (Å²) in [6.45, 7) is 7.72. The van der Waals surface area contributed by atoms with Crippen molar-refractivity contribution >= 4 is 33.2 Å². The van der Waals surface area contributed by atoms with Gasteiger partial charge in [0.1, 0.15) is 10.0 Å². The number of carbonyl (C=O) groups excluding carboxylic acids is 1. The molecular formula is C23H21ClN4O3S. The molecule has 0 unspecified atom stereocenters. The number of sulfone groups is 1. The van der Waals surface area contributed by atoms with E-state index in [4.69, 9.17) is 11.6 Å². The molecule has 3 aromatic rings. The van der Waals surface area contributed by atoms with Gasteiger partial charge in [0.25, 0.3) is 0 Å². The predicted octanol–water partition coefficient (Wildman–Crippen LogP) is 4.74. The summed E-state index contributed by atoms with van der Waals surface area (Å²) in [4.78, 5) is 20.2. The monoisotopic (exact) mass is 468 g/mol. The third kappa shape index (κ3) is 5.40. The highest BCUT2D eigenvalue weighted by atomic mass is 35.5. The van der Waals surface area contributed by atoms with Crippen LogP contribution in [0.2, 0.25) is 5.15 Å². The van der Waals surface area contributed by atoms with Gasteiger partial charge in [-0.1, -0.05) is 29.8 Å². The topological polar surface area (TPSA) is 101 Å². The minimum absolute atomic E-state index is 0.0271. The van der Waals surface area contributed by atoms with Crippen LogP contribution in [0.3, 0.4) is 0 Å². The summed E-state index contributed by atoms with van der Waals surface area (Å²) in [6, 6.07) is 12.0. The zero-order valence-corrected chi connectivity index (χ0v) is 18.6. The van der Waals surface area contributed by atoms with Crippen LogP contribution in [0.15, 0.2) is 96.0 Å². The number of allylic oxidation sites excluding steroid dienone is 2. The summed E-state index contributed by atoms with van der Waals surface area (Å²) < 4.78 is 26.0. The van der Waals surface area contributed by atoms with Gasteiger partial charge in [-0.05, 0) is 48.0 Å². The number of nitrogens with zero attached hydrogens (tertiary/aromatic N) is 2. The number of urea groups is 1. The molecule has 0 aliphatic carbocycles. The third-order valence-electron chi connectivity index (χ3n) is 4.57. The van der Waals surface area contributed by atoms with Crippen LogP contribution < -0.4 is 10.6 Å². The summed E-state index contributed by atoms with van der Waals surface area (Å²) in [7, 11) is -3.90. The number of aromatic nitrogens is 2. The molecule has 164 valence electrons. The third-order valence-corrected chi connectivity index (χ3v) is 6.77. The molecule has 0 aliphatic rings. The Kier molecular flexibility index (Phi) is 7.40. The van der Waals surface area contributed by atoms with E-state index in [1.165, 1.54) is 30.3 Å². The highest BCUT2D eigenvalue weighted by Crippen LogP contribution is 2.29. The Morgan fingerprint density at radius 2 is 1.81 bits per heavy atom. The molecule has 0 atom stereocenters. The number of nitrogens with one attached hydrogen (secondary N) is 2. The molecular weight excluding hydrogens is 448 g/mol. The smallest absolute Gasteiger partial charge is 0.319 e. The van der Waals surface area contributed by atoms with Gasteiger partial charge in [-0.3, -0.25) is 4.98 Å². The second-order valence-corrected chi connectivity index (χ2v) is 9.00. The number of carbonyl (C=O) groups is 1. The minimum atomic E-state index is -3.90. The molecule has 0 saturated heterocycles. The highest BCUT2D eigenvalue weighted by molar-refractivity contribution is 7.91. The summed E-state index contributed by atoms with van der Waals surface area (Å²) in [5, 5.41) is 5.22. The number of halogens is 1. The number of anilines is 1. The average Bonchev–Trinajstić information content (AvgIpc) is 2.79. The van der Waals surface area contributed by atoms with Crippen molar-refractivity contribution in [1.29, 1.82) is 0 Å². The molecule has 2 heterocycles. The van der Waals surface area contributed by atoms with Gasteiger partial charge in [0.2, 0.25) is 9.84 Å². The van der Waals surface area contributed by atoms with E-state index in [1.54, 1.807) is 36.7 Å². The fraction of sp³-hybridized carbons (Fsp3) is 0.0870.